The summed E-state index contributed by atoms with van der Waals surface area (Å²) in [6.07, 6.45) is 0.598. The Kier molecular flexibility index (Phi) is 7.68. The number of carbonyl (C=O) groups excluding carboxylic acids is 1. The van der Waals surface area contributed by atoms with E-state index in [0.29, 0.717) is 28.9 Å². The van der Waals surface area contributed by atoms with Gasteiger partial charge in [0.15, 0.2) is 0 Å². The van der Waals surface area contributed by atoms with E-state index < -0.39 is 24.2 Å². The van der Waals surface area contributed by atoms with Gasteiger partial charge in [0.25, 0.3) is 0 Å². The summed E-state index contributed by atoms with van der Waals surface area (Å²) in [6.45, 7) is 8.45. The van der Waals surface area contributed by atoms with Gasteiger partial charge in [0.1, 0.15) is 23.6 Å². The van der Waals surface area contributed by atoms with Crippen LogP contribution in [0.3, 0.4) is 0 Å². The number of hydrogen-bond acceptors (Lipinski definition) is 7. The summed E-state index contributed by atoms with van der Waals surface area (Å²) in [4.78, 5) is 20.0. The molecule has 1 amide bonds. The van der Waals surface area contributed by atoms with E-state index in [9.17, 15) is 20.1 Å². The van der Waals surface area contributed by atoms with Gasteiger partial charge in [0.2, 0.25) is 5.91 Å². The number of benzene rings is 2. The Labute approximate surface area is 230 Å². The minimum absolute atomic E-state index is 0.0718. The minimum Gasteiger partial charge on any atom is -0.508 e. The smallest absolute Gasteiger partial charge is 0.240 e. The number of fused-ring (bicyclic) bond motifs is 2. The zero-order chi connectivity index (χ0) is 28.1. The van der Waals surface area contributed by atoms with Gasteiger partial charge in [-0.15, -0.1) is 0 Å². The summed E-state index contributed by atoms with van der Waals surface area (Å²) in [5.41, 5.74) is 2.70. The molecule has 212 valence electrons. The molecule has 0 spiro atoms. The van der Waals surface area contributed by atoms with Gasteiger partial charge in [-0.3, -0.25) is 9.63 Å². The molecule has 3 saturated carbocycles. The summed E-state index contributed by atoms with van der Waals surface area (Å²) >= 11 is 0. The van der Waals surface area contributed by atoms with Gasteiger partial charge in [-0.2, -0.15) is 5.06 Å². The monoisotopic (exact) mass is 538 g/mol. The number of phenols is 1. The van der Waals surface area contributed by atoms with E-state index in [1.54, 1.807) is 37.3 Å². The number of hydrogen-bond donors (Lipinski definition) is 4. The van der Waals surface area contributed by atoms with E-state index in [1.165, 1.54) is 6.42 Å². The first-order chi connectivity index (χ1) is 18.6. The molecule has 0 aromatic heterocycles. The third-order valence-corrected chi connectivity index (χ3v) is 9.85. The minimum atomic E-state index is -0.862. The zero-order valence-corrected chi connectivity index (χ0v) is 23.5. The van der Waals surface area contributed by atoms with Gasteiger partial charge in [0.05, 0.1) is 26.4 Å². The third kappa shape index (κ3) is 4.92. The van der Waals surface area contributed by atoms with Crippen molar-refractivity contribution in [3.63, 3.8) is 0 Å². The molecule has 0 unspecified atom stereocenters. The Morgan fingerprint density at radius 3 is 2.59 bits per heavy atom. The topological polar surface area (TPSA) is 111 Å². The van der Waals surface area contributed by atoms with Crippen molar-refractivity contribution in [2.24, 2.45) is 29.1 Å². The van der Waals surface area contributed by atoms with Crippen molar-refractivity contribution < 1.29 is 29.7 Å². The molecule has 2 aromatic carbocycles. The van der Waals surface area contributed by atoms with Crippen LogP contribution in [0.2, 0.25) is 0 Å². The third-order valence-electron chi connectivity index (χ3n) is 9.85. The van der Waals surface area contributed by atoms with E-state index in [-0.39, 0.29) is 30.9 Å². The van der Waals surface area contributed by atoms with Crippen molar-refractivity contribution in [1.82, 2.24) is 10.4 Å². The summed E-state index contributed by atoms with van der Waals surface area (Å²) in [5.74, 6) is 1.53. The highest BCUT2D eigenvalue weighted by Crippen LogP contribution is 2.61. The number of aromatic hydroxyl groups is 1. The standard InChI is InChI=1S/C31H42N2O6/c1-17-24-13-21(31(24,3)4)14-25(17)32-30(37)28-27(18(2)35)26(16-34)39-33(28)15-20-9-7-11-23(29(20)38-5)19-8-6-10-22(36)12-19/h6-12,17-18,21,24-28,34-36H,13-16H2,1-5H3,(H,32,37)/t17-,18-,21+,24-,25-,26-,27+,28-/m0/s1. The number of nitrogens with one attached hydrogen (secondary N) is 1. The summed E-state index contributed by atoms with van der Waals surface area (Å²) in [7, 11) is 1.59. The van der Waals surface area contributed by atoms with Gasteiger partial charge < -0.3 is 25.4 Å². The van der Waals surface area contributed by atoms with Crippen LogP contribution in [0.15, 0.2) is 42.5 Å². The van der Waals surface area contributed by atoms with E-state index >= 15 is 0 Å². The highest BCUT2D eigenvalue weighted by molar-refractivity contribution is 5.83. The second-order valence-corrected chi connectivity index (χ2v) is 12.3. The maximum absolute atomic E-state index is 13.9. The first-order valence-electron chi connectivity index (χ1n) is 14.0. The molecule has 8 heteroatoms. The van der Waals surface area contributed by atoms with Crippen LogP contribution in [0.1, 0.15) is 46.1 Å². The molecular formula is C31H42N2O6. The Morgan fingerprint density at radius 2 is 1.97 bits per heavy atom. The largest absolute Gasteiger partial charge is 0.508 e. The molecule has 6 rings (SSSR count). The van der Waals surface area contributed by atoms with E-state index in [0.717, 1.165) is 23.1 Å². The number of aliphatic hydroxyl groups excluding tert-OH is 2. The predicted molar refractivity (Wildman–Crippen MR) is 148 cm³/mol. The van der Waals surface area contributed by atoms with Crippen LogP contribution in [-0.4, -0.2) is 64.3 Å². The van der Waals surface area contributed by atoms with Gasteiger partial charge in [-0.05, 0) is 60.6 Å². The maximum atomic E-state index is 13.9. The molecule has 0 radical (unpaired) electrons. The fraction of sp³-hybridized carbons (Fsp3) is 0.581. The molecule has 8 atom stereocenters. The van der Waals surface area contributed by atoms with E-state index in [2.05, 4.69) is 26.1 Å². The lowest BCUT2D eigenvalue weighted by molar-refractivity contribution is -0.183. The van der Waals surface area contributed by atoms with Crippen LogP contribution in [0.5, 0.6) is 11.5 Å². The molecule has 2 aromatic rings. The highest BCUT2D eigenvalue weighted by atomic mass is 16.7. The summed E-state index contributed by atoms with van der Waals surface area (Å²) in [6, 6.07) is 12.0. The number of amides is 1. The number of aliphatic hydroxyl groups is 2. The van der Waals surface area contributed by atoms with Crippen molar-refractivity contribution in [2.75, 3.05) is 13.7 Å². The van der Waals surface area contributed by atoms with Gasteiger partial charge in [-0.25, -0.2) is 0 Å². The van der Waals surface area contributed by atoms with Crippen LogP contribution >= 0.6 is 0 Å². The molecule has 8 nitrogen and oxygen atoms in total. The zero-order valence-electron chi connectivity index (χ0n) is 23.5. The summed E-state index contributed by atoms with van der Waals surface area (Å²) in [5, 5.41) is 35.7. The number of para-hydroxylation sites is 1. The molecule has 2 bridgehead atoms. The fourth-order valence-corrected chi connectivity index (χ4v) is 7.50. The predicted octanol–water partition coefficient (Wildman–Crippen LogP) is 3.73. The number of rotatable bonds is 8. The van der Waals surface area contributed by atoms with Gasteiger partial charge in [0, 0.05) is 23.1 Å². The van der Waals surface area contributed by atoms with Crippen molar-refractivity contribution in [2.45, 2.75) is 71.4 Å². The molecule has 4 aliphatic rings. The van der Waals surface area contributed by atoms with Crippen LogP contribution in [0.4, 0.5) is 0 Å². The highest BCUT2D eigenvalue weighted by Gasteiger charge is 2.57. The average Bonchev–Trinajstić information content (AvgIpc) is 3.28. The number of carbonyl (C=O) groups is 1. The van der Waals surface area contributed by atoms with Gasteiger partial charge in [-0.1, -0.05) is 51.1 Å². The molecule has 4 fully saturated rings. The quantitative estimate of drug-likeness (QED) is 0.405. The molecule has 4 N–H and O–H groups in total. The Hall–Kier alpha value is -2.65. The second-order valence-electron chi connectivity index (χ2n) is 12.3. The molecule has 1 aliphatic heterocycles. The second kappa shape index (κ2) is 10.7. The summed E-state index contributed by atoms with van der Waals surface area (Å²) < 4.78 is 5.81. The van der Waals surface area contributed by atoms with Crippen molar-refractivity contribution >= 4 is 5.91 Å². The van der Waals surface area contributed by atoms with Crippen LogP contribution in [-0.2, 0) is 16.2 Å². The SMILES string of the molecule is COc1c(CN2O[C@@H](CO)[C@@H]([C@H](C)O)[C@H]2C(=O)N[C@H]2C[C@H]3C[C@@H]([C@@H]2C)C3(C)C)cccc1-c1cccc(O)c1. The number of nitrogens with zero attached hydrogens (tertiary/aromatic N) is 1. The van der Waals surface area contributed by atoms with Crippen molar-refractivity contribution in [3.05, 3.63) is 48.0 Å². The van der Waals surface area contributed by atoms with Crippen LogP contribution < -0.4 is 10.1 Å². The number of hydroxylamine groups is 2. The van der Waals surface area contributed by atoms with Crippen molar-refractivity contribution in [3.8, 4) is 22.6 Å². The number of ether oxygens (including phenoxy) is 1. The number of phenolic OH excluding ortho intramolecular Hbond substituents is 1. The molecule has 3 aliphatic carbocycles. The molecular weight excluding hydrogens is 496 g/mol. The maximum Gasteiger partial charge on any atom is 0.240 e. The molecule has 1 heterocycles. The van der Waals surface area contributed by atoms with Crippen LogP contribution in [0.25, 0.3) is 11.1 Å². The average molecular weight is 539 g/mol. The van der Waals surface area contributed by atoms with E-state index in [4.69, 9.17) is 9.57 Å². The molecule has 1 saturated heterocycles. The Morgan fingerprint density at radius 1 is 1.23 bits per heavy atom. The normalized spacial score (nSPS) is 32.3. The first-order valence-corrected chi connectivity index (χ1v) is 14.0. The fourth-order valence-electron chi connectivity index (χ4n) is 7.50. The Bertz CT molecular complexity index is 1200. The van der Waals surface area contributed by atoms with E-state index in [1.807, 2.05) is 24.3 Å². The lowest BCUT2D eigenvalue weighted by Gasteiger charge is -2.62. The lowest BCUT2D eigenvalue weighted by Crippen LogP contribution is -2.62. The molecule has 39 heavy (non-hydrogen) atoms. The number of methoxy groups -OCH3 is 1. The van der Waals surface area contributed by atoms with Crippen LogP contribution in [0, 0.1) is 29.1 Å². The first kappa shape index (κ1) is 27.9. The lowest BCUT2D eigenvalue weighted by atomic mass is 9.45. The van der Waals surface area contributed by atoms with Gasteiger partial charge >= 0.3 is 0 Å². The van der Waals surface area contributed by atoms with Crippen molar-refractivity contribution in [1.29, 1.82) is 0 Å². The Balaban J connectivity index is 1.42.